The van der Waals surface area contributed by atoms with Crippen molar-refractivity contribution in [3.05, 3.63) is 65.3 Å². The third kappa shape index (κ3) is 4.52. The van der Waals surface area contributed by atoms with Crippen LogP contribution in [0.1, 0.15) is 6.92 Å². The molecule has 0 aliphatic rings. The van der Waals surface area contributed by atoms with Gasteiger partial charge in [-0.25, -0.2) is 4.98 Å². The van der Waals surface area contributed by atoms with Gasteiger partial charge in [0.1, 0.15) is 0 Å². The van der Waals surface area contributed by atoms with Gasteiger partial charge in [-0.15, -0.1) is 0 Å². The van der Waals surface area contributed by atoms with Gasteiger partial charge >= 0.3 is 0 Å². The maximum Gasteiger partial charge on any atom is 0.234 e. The van der Waals surface area contributed by atoms with E-state index in [9.17, 15) is 4.79 Å². The number of nitrogens with one attached hydrogen (secondary N) is 1. The van der Waals surface area contributed by atoms with Crippen LogP contribution in [0, 0.1) is 0 Å². The first-order valence-corrected chi connectivity index (χ1v) is 9.74. The molecule has 0 spiro atoms. The molecule has 0 saturated heterocycles. The Morgan fingerprint density at radius 3 is 2.56 bits per heavy atom. The predicted molar refractivity (Wildman–Crippen MR) is 107 cm³/mol. The number of carbonyl (C=O) groups is 1. The summed E-state index contributed by atoms with van der Waals surface area (Å²) in [5.74, 6) is 0.290. The average Bonchev–Trinajstić information content (AvgIpc) is 3.04. The first kappa shape index (κ1) is 17.8. The molecule has 1 aromatic heterocycles. The normalized spacial score (nSPS) is 10.6. The third-order valence-corrected chi connectivity index (χ3v) is 5.18. The molecule has 2 aromatic carbocycles. The Morgan fingerprint density at radius 2 is 1.88 bits per heavy atom. The van der Waals surface area contributed by atoms with Gasteiger partial charge in [0.25, 0.3) is 0 Å². The van der Waals surface area contributed by atoms with Crippen molar-refractivity contribution in [2.45, 2.75) is 18.6 Å². The Balaban J connectivity index is 1.69. The molecule has 25 heavy (non-hydrogen) atoms. The van der Waals surface area contributed by atoms with E-state index in [1.54, 1.807) is 0 Å². The Morgan fingerprint density at radius 1 is 1.16 bits per heavy atom. The van der Waals surface area contributed by atoms with Crippen LogP contribution < -0.4 is 5.32 Å². The number of imidazole rings is 1. The molecule has 6 heteroatoms. The lowest BCUT2D eigenvalue weighted by Crippen LogP contribution is -2.14. The van der Waals surface area contributed by atoms with Gasteiger partial charge in [-0.05, 0) is 36.8 Å². The van der Waals surface area contributed by atoms with Crippen LogP contribution in [-0.4, -0.2) is 21.2 Å². The second kappa shape index (κ2) is 8.36. The minimum Gasteiger partial charge on any atom is -0.325 e. The number of carbonyl (C=O) groups excluding carboxylic acids is 1. The molecule has 4 nitrogen and oxygen atoms in total. The molecule has 1 N–H and O–H groups in total. The number of rotatable bonds is 6. The van der Waals surface area contributed by atoms with Gasteiger partial charge < -0.3 is 9.88 Å². The molecular weight excluding hydrogens is 398 g/mol. The summed E-state index contributed by atoms with van der Waals surface area (Å²) in [4.78, 5) is 16.6. The van der Waals surface area contributed by atoms with E-state index in [2.05, 4.69) is 49.9 Å². The van der Waals surface area contributed by atoms with E-state index in [0.29, 0.717) is 5.75 Å². The molecule has 0 bridgehead atoms. The number of nitrogens with zero attached hydrogens (tertiary/aromatic N) is 2. The van der Waals surface area contributed by atoms with Crippen molar-refractivity contribution in [1.82, 2.24) is 9.55 Å². The zero-order valence-electron chi connectivity index (χ0n) is 13.8. The van der Waals surface area contributed by atoms with Gasteiger partial charge in [0.2, 0.25) is 5.91 Å². The number of para-hydroxylation sites is 1. The van der Waals surface area contributed by atoms with Crippen LogP contribution in [0.15, 0.2) is 70.4 Å². The molecule has 0 unspecified atom stereocenters. The molecule has 3 aromatic rings. The first-order chi connectivity index (χ1) is 12.2. The van der Waals surface area contributed by atoms with Crippen LogP contribution in [-0.2, 0) is 11.3 Å². The summed E-state index contributed by atoms with van der Waals surface area (Å²) in [6, 6.07) is 17.6. The molecule has 0 aliphatic carbocycles. The van der Waals surface area contributed by atoms with Crippen LogP contribution in [0.3, 0.4) is 0 Å². The smallest absolute Gasteiger partial charge is 0.234 e. The van der Waals surface area contributed by atoms with Gasteiger partial charge in [0.05, 0.1) is 17.6 Å². The molecule has 0 fully saturated rings. The first-order valence-electron chi connectivity index (χ1n) is 7.96. The van der Waals surface area contributed by atoms with E-state index in [4.69, 9.17) is 0 Å². The Labute approximate surface area is 159 Å². The van der Waals surface area contributed by atoms with Gasteiger partial charge in [0.15, 0.2) is 5.16 Å². The van der Waals surface area contributed by atoms with Crippen molar-refractivity contribution in [3.63, 3.8) is 0 Å². The van der Waals surface area contributed by atoms with E-state index in [1.807, 2.05) is 48.7 Å². The summed E-state index contributed by atoms with van der Waals surface area (Å²) < 4.78 is 3.18. The summed E-state index contributed by atoms with van der Waals surface area (Å²) in [6.07, 6.45) is 1.87. The molecule has 1 amide bonds. The number of hydrogen-bond donors (Lipinski definition) is 1. The fourth-order valence-electron chi connectivity index (χ4n) is 2.48. The molecule has 3 rings (SSSR count). The lowest BCUT2D eigenvalue weighted by Gasteiger charge is -2.09. The molecule has 0 saturated carbocycles. The van der Waals surface area contributed by atoms with Crippen LogP contribution >= 0.6 is 27.7 Å². The number of benzene rings is 2. The van der Waals surface area contributed by atoms with E-state index >= 15 is 0 Å². The maximum absolute atomic E-state index is 12.1. The van der Waals surface area contributed by atoms with Crippen molar-refractivity contribution in [1.29, 1.82) is 0 Å². The fraction of sp³-hybridized carbons (Fsp3) is 0.158. The second-order valence-electron chi connectivity index (χ2n) is 5.38. The summed E-state index contributed by atoms with van der Waals surface area (Å²) in [7, 11) is 0. The Bertz CT molecular complexity index is 847. The molecular formula is C19H18BrN3OS. The topological polar surface area (TPSA) is 46.9 Å². The van der Waals surface area contributed by atoms with Gasteiger partial charge in [-0.1, -0.05) is 58.0 Å². The monoisotopic (exact) mass is 415 g/mol. The highest BCUT2D eigenvalue weighted by Gasteiger charge is 2.13. The predicted octanol–water partition coefficient (Wildman–Crippen LogP) is 5.06. The average molecular weight is 416 g/mol. The maximum atomic E-state index is 12.1. The Kier molecular flexibility index (Phi) is 5.94. The summed E-state index contributed by atoms with van der Waals surface area (Å²) in [5.41, 5.74) is 2.97. The lowest BCUT2D eigenvalue weighted by molar-refractivity contribution is -0.113. The minimum atomic E-state index is -0.0351. The van der Waals surface area contributed by atoms with Gasteiger partial charge in [0, 0.05) is 16.7 Å². The summed E-state index contributed by atoms with van der Waals surface area (Å²) in [5, 5.41) is 3.74. The number of amides is 1. The number of anilines is 1. The van der Waals surface area contributed by atoms with E-state index in [1.165, 1.54) is 11.8 Å². The molecule has 0 radical (unpaired) electrons. The van der Waals surface area contributed by atoms with Crippen molar-refractivity contribution in [3.8, 4) is 11.3 Å². The highest BCUT2D eigenvalue weighted by Crippen LogP contribution is 2.27. The number of hydrogen-bond acceptors (Lipinski definition) is 3. The fourth-order valence-corrected chi connectivity index (χ4v) is 3.59. The van der Waals surface area contributed by atoms with E-state index < -0.39 is 0 Å². The van der Waals surface area contributed by atoms with E-state index in [-0.39, 0.29) is 5.91 Å². The molecule has 0 atom stereocenters. The van der Waals surface area contributed by atoms with Crippen molar-refractivity contribution >= 4 is 39.3 Å². The quantitative estimate of drug-likeness (QED) is 0.572. The SMILES string of the molecule is CCn1c(-c2ccc(Br)cc2)cnc1SCC(=O)Nc1ccccc1. The van der Waals surface area contributed by atoms with Gasteiger partial charge in [-0.2, -0.15) is 0 Å². The van der Waals surface area contributed by atoms with Crippen molar-refractivity contribution in [2.75, 3.05) is 11.1 Å². The van der Waals surface area contributed by atoms with E-state index in [0.717, 1.165) is 33.1 Å². The molecule has 0 aliphatic heterocycles. The van der Waals surface area contributed by atoms with Crippen LogP contribution in [0.2, 0.25) is 0 Å². The zero-order chi connectivity index (χ0) is 17.6. The zero-order valence-corrected chi connectivity index (χ0v) is 16.2. The second-order valence-corrected chi connectivity index (χ2v) is 7.24. The Hall–Kier alpha value is -2.05. The highest BCUT2D eigenvalue weighted by molar-refractivity contribution is 9.10. The van der Waals surface area contributed by atoms with Crippen LogP contribution in [0.25, 0.3) is 11.3 Å². The third-order valence-electron chi connectivity index (χ3n) is 3.67. The van der Waals surface area contributed by atoms with Crippen LogP contribution in [0.5, 0.6) is 0 Å². The van der Waals surface area contributed by atoms with Crippen LogP contribution in [0.4, 0.5) is 5.69 Å². The number of thioether (sulfide) groups is 1. The molecule has 1 heterocycles. The lowest BCUT2D eigenvalue weighted by atomic mass is 10.2. The highest BCUT2D eigenvalue weighted by atomic mass is 79.9. The van der Waals surface area contributed by atoms with Gasteiger partial charge in [-0.3, -0.25) is 4.79 Å². The van der Waals surface area contributed by atoms with Crippen molar-refractivity contribution < 1.29 is 4.79 Å². The molecule has 128 valence electrons. The minimum absolute atomic E-state index is 0.0351. The van der Waals surface area contributed by atoms with Crippen molar-refractivity contribution in [2.24, 2.45) is 0 Å². The standard InChI is InChI=1S/C19H18BrN3OS/c1-2-23-17(14-8-10-15(20)11-9-14)12-21-19(23)25-13-18(24)22-16-6-4-3-5-7-16/h3-12H,2,13H2,1H3,(H,22,24). The number of aromatic nitrogens is 2. The largest absolute Gasteiger partial charge is 0.325 e. The number of halogens is 1. The summed E-state index contributed by atoms with van der Waals surface area (Å²) in [6.45, 7) is 2.88. The summed E-state index contributed by atoms with van der Waals surface area (Å²) >= 11 is 4.90.